The van der Waals surface area contributed by atoms with Gasteiger partial charge in [-0.3, -0.25) is 0 Å². The number of hydrogen-bond donors (Lipinski definition) is 2. The molecule has 2 atom stereocenters. The Hall–Kier alpha value is -1.78. The lowest BCUT2D eigenvalue weighted by atomic mass is 9.80. The Morgan fingerprint density at radius 3 is 2.95 bits per heavy atom. The molecule has 0 bridgehead atoms. The summed E-state index contributed by atoms with van der Waals surface area (Å²) in [5.41, 5.74) is 6.44. The summed E-state index contributed by atoms with van der Waals surface area (Å²) in [6.45, 7) is 3.19. The van der Waals surface area contributed by atoms with Crippen LogP contribution in [0.2, 0.25) is 0 Å². The van der Waals surface area contributed by atoms with E-state index < -0.39 is 5.97 Å². The van der Waals surface area contributed by atoms with Crippen molar-refractivity contribution >= 4 is 17.5 Å². The van der Waals surface area contributed by atoms with Gasteiger partial charge >= 0.3 is 5.97 Å². The smallest absolute Gasteiger partial charge is 0.340 e. The average Bonchev–Trinajstić information content (AvgIpc) is 2.47. The van der Waals surface area contributed by atoms with E-state index in [9.17, 15) is 4.79 Å². The molecule has 0 amide bonds. The van der Waals surface area contributed by atoms with Gasteiger partial charge < -0.3 is 15.8 Å². The fourth-order valence-corrected chi connectivity index (χ4v) is 2.78. The van der Waals surface area contributed by atoms with E-state index in [1.165, 1.54) is 39.0 Å². The normalized spacial score (nSPS) is 22.3. The number of nitrogens with zero attached hydrogens (tertiary/aromatic N) is 1. The summed E-state index contributed by atoms with van der Waals surface area (Å²) in [7, 11) is 1.35. The van der Waals surface area contributed by atoms with Crippen molar-refractivity contribution in [1.82, 2.24) is 4.98 Å². The second-order valence-corrected chi connectivity index (χ2v) is 5.55. The van der Waals surface area contributed by atoms with Gasteiger partial charge in [0, 0.05) is 6.54 Å². The molecule has 1 aromatic heterocycles. The molecule has 110 valence electrons. The average molecular weight is 277 g/mol. The van der Waals surface area contributed by atoms with Gasteiger partial charge in [-0.15, -0.1) is 0 Å². The number of nitrogen functional groups attached to an aromatic ring is 1. The molecule has 0 spiro atoms. The van der Waals surface area contributed by atoms with Crippen molar-refractivity contribution in [3.05, 3.63) is 17.8 Å². The highest BCUT2D eigenvalue weighted by Crippen LogP contribution is 2.29. The lowest BCUT2D eigenvalue weighted by molar-refractivity contribution is 0.0602. The first-order chi connectivity index (χ1) is 9.61. The molecule has 1 fully saturated rings. The van der Waals surface area contributed by atoms with E-state index in [-0.39, 0.29) is 0 Å². The third-order valence-corrected chi connectivity index (χ3v) is 4.17. The molecule has 0 aromatic carbocycles. The van der Waals surface area contributed by atoms with Crippen molar-refractivity contribution in [2.24, 2.45) is 11.8 Å². The highest BCUT2D eigenvalue weighted by Gasteiger charge is 2.21. The minimum atomic E-state index is -0.431. The van der Waals surface area contributed by atoms with Gasteiger partial charge in [0.25, 0.3) is 0 Å². The minimum absolute atomic E-state index is 0.341. The maximum absolute atomic E-state index is 11.6. The van der Waals surface area contributed by atoms with E-state index in [1.807, 2.05) is 0 Å². The zero-order chi connectivity index (χ0) is 14.5. The summed E-state index contributed by atoms with van der Waals surface area (Å²) >= 11 is 0. The summed E-state index contributed by atoms with van der Waals surface area (Å²) in [5, 5.41) is 3.32. The molecule has 1 aromatic rings. The highest BCUT2D eigenvalue weighted by atomic mass is 16.5. The Morgan fingerprint density at radius 2 is 2.25 bits per heavy atom. The van der Waals surface area contributed by atoms with E-state index >= 15 is 0 Å². The van der Waals surface area contributed by atoms with Crippen LogP contribution in [0.25, 0.3) is 0 Å². The molecule has 1 aliphatic rings. The van der Waals surface area contributed by atoms with Crippen LogP contribution in [0.15, 0.2) is 12.3 Å². The van der Waals surface area contributed by atoms with Crippen LogP contribution in [0, 0.1) is 11.8 Å². The second-order valence-electron chi connectivity index (χ2n) is 5.55. The summed E-state index contributed by atoms with van der Waals surface area (Å²) in [6.07, 6.45) is 6.70. The topological polar surface area (TPSA) is 77.2 Å². The lowest BCUT2D eigenvalue weighted by Gasteiger charge is -2.29. The molecule has 5 nitrogen and oxygen atoms in total. The third-order valence-electron chi connectivity index (χ3n) is 4.17. The summed E-state index contributed by atoms with van der Waals surface area (Å²) in [6, 6.07) is 1.66. The summed E-state index contributed by atoms with van der Waals surface area (Å²) < 4.78 is 4.71. The molecule has 0 aliphatic heterocycles. The van der Waals surface area contributed by atoms with E-state index in [4.69, 9.17) is 10.5 Å². The summed E-state index contributed by atoms with van der Waals surface area (Å²) in [4.78, 5) is 15.8. The molecule has 20 heavy (non-hydrogen) atoms. The van der Waals surface area contributed by atoms with Gasteiger partial charge in [-0.2, -0.15) is 0 Å². The van der Waals surface area contributed by atoms with E-state index in [1.54, 1.807) is 6.07 Å². The Balaban J connectivity index is 2.00. The molecule has 0 saturated heterocycles. The first-order valence-electron chi connectivity index (χ1n) is 7.19. The van der Waals surface area contributed by atoms with Gasteiger partial charge in [-0.05, 0) is 24.3 Å². The third kappa shape index (κ3) is 3.40. The predicted molar refractivity (Wildman–Crippen MR) is 79.6 cm³/mol. The zero-order valence-electron chi connectivity index (χ0n) is 12.2. The van der Waals surface area contributed by atoms with Crippen molar-refractivity contribution in [3.63, 3.8) is 0 Å². The number of carbonyl (C=O) groups is 1. The second kappa shape index (κ2) is 6.59. The van der Waals surface area contributed by atoms with Gasteiger partial charge in [0.15, 0.2) is 0 Å². The van der Waals surface area contributed by atoms with Crippen LogP contribution in [0.5, 0.6) is 0 Å². The Kier molecular flexibility index (Phi) is 4.82. The lowest BCUT2D eigenvalue weighted by Crippen LogP contribution is -2.24. The Morgan fingerprint density at radius 1 is 1.50 bits per heavy atom. The minimum Gasteiger partial charge on any atom is -0.465 e. The first-order valence-corrected chi connectivity index (χ1v) is 7.19. The summed E-state index contributed by atoms with van der Waals surface area (Å²) in [5.74, 6) is 1.66. The maximum atomic E-state index is 11.6. The fraction of sp³-hybridized carbons (Fsp3) is 0.600. The molecule has 2 rings (SSSR count). The van der Waals surface area contributed by atoms with E-state index in [0.717, 1.165) is 12.5 Å². The van der Waals surface area contributed by atoms with E-state index in [2.05, 4.69) is 17.2 Å². The fourth-order valence-electron chi connectivity index (χ4n) is 2.78. The van der Waals surface area contributed by atoms with Gasteiger partial charge in [-0.25, -0.2) is 9.78 Å². The number of anilines is 2. The van der Waals surface area contributed by atoms with Crippen LogP contribution in [-0.4, -0.2) is 24.6 Å². The molecule has 1 aliphatic carbocycles. The molecular weight excluding hydrogens is 254 g/mol. The number of nitrogens with two attached hydrogens (primary N) is 1. The zero-order valence-corrected chi connectivity index (χ0v) is 12.2. The van der Waals surface area contributed by atoms with Crippen LogP contribution in [0.4, 0.5) is 11.5 Å². The van der Waals surface area contributed by atoms with Gasteiger partial charge in [-0.1, -0.05) is 26.2 Å². The quantitative estimate of drug-likeness (QED) is 0.827. The molecular formula is C15H23N3O2. The van der Waals surface area contributed by atoms with Crippen molar-refractivity contribution in [1.29, 1.82) is 0 Å². The number of ether oxygens (including phenoxy) is 1. The molecule has 1 saturated carbocycles. The van der Waals surface area contributed by atoms with Gasteiger partial charge in [0.05, 0.1) is 24.6 Å². The number of nitrogens with one attached hydrogen (secondary N) is 1. The largest absolute Gasteiger partial charge is 0.465 e. The molecule has 0 radical (unpaired) electrons. The number of methoxy groups -OCH3 is 1. The Bertz CT molecular complexity index is 476. The van der Waals surface area contributed by atoms with Crippen molar-refractivity contribution < 1.29 is 9.53 Å². The molecule has 2 unspecified atom stereocenters. The van der Waals surface area contributed by atoms with Crippen LogP contribution in [-0.2, 0) is 4.74 Å². The molecule has 1 heterocycles. The number of aromatic nitrogens is 1. The van der Waals surface area contributed by atoms with Crippen LogP contribution in [0.3, 0.4) is 0 Å². The van der Waals surface area contributed by atoms with Gasteiger partial charge in [0.1, 0.15) is 5.82 Å². The van der Waals surface area contributed by atoms with Crippen LogP contribution in [0.1, 0.15) is 43.0 Å². The van der Waals surface area contributed by atoms with Crippen molar-refractivity contribution in [3.8, 4) is 0 Å². The highest BCUT2D eigenvalue weighted by molar-refractivity contribution is 5.95. The standard InChI is InChI=1S/C15H23N3O2/c1-10-5-3-4-6-11(10)8-17-14-7-12(15(19)20-2)13(16)9-18-14/h7,9-11H,3-6,8,16H2,1-2H3,(H,17,18). The maximum Gasteiger partial charge on any atom is 0.340 e. The molecule has 5 heteroatoms. The van der Waals surface area contributed by atoms with Gasteiger partial charge in [0.2, 0.25) is 0 Å². The number of rotatable bonds is 4. The van der Waals surface area contributed by atoms with Crippen LogP contribution < -0.4 is 11.1 Å². The van der Waals surface area contributed by atoms with Crippen LogP contribution >= 0.6 is 0 Å². The van der Waals surface area contributed by atoms with Crippen molar-refractivity contribution in [2.45, 2.75) is 32.6 Å². The monoisotopic (exact) mass is 277 g/mol. The first kappa shape index (κ1) is 14.6. The number of carbonyl (C=O) groups excluding carboxylic acids is 1. The number of esters is 1. The predicted octanol–water partition coefficient (Wildman–Crippen LogP) is 2.69. The Labute approximate surface area is 119 Å². The molecule has 3 N–H and O–H groups in total. The van der Waals surface area contributed by atoms with Crippen molar-refractivity contribution in [2.75, 3.05) is 24.7 Å². The number of pyridine rings is 1. The number of hydrogen-bond acceptors (Lipinski definition) is 5. The SMILES string of the molecule is COC(=O)c1cc(NCC2CCCCC2C)ncc1N. The van der Waals surface area contributed by atoms with E-state index in [0.29, 0.717) is 23.0 Å².